The first-order chi connectivity index (χ1) is 7.58. The van der Waals surface area contributed by atoms with Crippen molar-refractivity contribution in [2.75, 3.05) is 0 Å². The van der Waals surface area contributed by atoms with Crippen LogP contribution >= 0.6 is 27.5 Å². The van der Waals surface area contributed by atoms with Crippen molar-refractivity contribution in [3.8, 4) is 10.6 Å². The second-order valence-corrected chi connectivity index (χ2v) is 4.81. The zero-order chi connectivity index (χ0) is 11.7. The molecule has 0 atom stereocenters. The van der Waals surface area contributed by atoms with Gasteiger partial charge in [0.1, 0.15) is 10.8 Å². The summed E-state index contributed by atoms with van der Waals surface area (Å²) >= 11 is 4.72. The normalized spacial score (nSPS) is 10.4. The van der Waals surface area contributed by atoms with Gasteiger partial charge in [-0.2, -0.15) is 4.37 Å². The molecule has 0 aliphatic carbocycles. The highest BCUT2D eigenvalue weighted by atomic mass is 79.9. The quantitative estimate of drug-likeness (QED) is 0.925. The average Bonchev–Trinajstić information content (AvgIpc) is 2.64. The molecule has 2 rings (SSSR count). The van der Waals surface area contributed by atoms with Crippen LogP contribution in [-0.2, 0) is 0 Å². The van der Waals surface area contributed by atoms with Crippen molar-refractivity contribution in [1.29, 1.82) is 0 Å². The number of aromatic nitrogens is 2. The number of hydrogen-bond acceptors (Lipinski definition) is 4. The number of nitrogens with two attached hydrogens (primary N) is 1. The highest BCUT2D eigenvalue weighted by Crippen LogP contribution is 2.30. The maximum Gasteiger partial charge on any atom is 0.248 e. The molecule has 0 saturated heterocycles. The van der Waals surface area contributed by atoms with Crippen LogP contribution in [-0.4, -0.2) is 15.3 Å². The van der Waals surface area contributed by atoms with Gasteiger partial charge in [-0.3, -0.25) is 4.79 Å². The van der Waals surface area contributed by atoms with E-state index in [1.54, 1.807) is 12.1 Å². The van der Waals surface area contributed by atoms with Crippen LogP contribution in [0.1, 0.15) is 16.2 Å². The molecule has 0 spiro atoms. The molecule has 0 aliphatic rings. The zero-order valence-electron chi connectivity index (χ0n) is 8.40. The highest BCUT2D eigenvalue weighted by molar-refractivity contribution is 9.10. The summed E-state index contributed by atoms with van der Waals surface area (Å²) < 4.78 is 4.90. The monoisotopic (exact) mass is 297 g/mol. The smallest absolute Gasteiger partial charge is 0.248 e. The minimum Gasteiger partial charge on any atom is -0.366 e. The molecular formula is C10H8BrN3OS. The van der Waals surface area contributed by atoms with E-state index in [9.17, 15) is 4.79 Å². The van der Waals surface area contributed by atoms with E-state index in [2.05, 4.69) is 25.3 Å². The lowest BCUT2D eigenvalue weighted by molar-refractivity contribution is 0.100. The second-order valence-electron chi connectivity index (χ2n) is 3.21. The molecule has 0 fully saturated rings. The third kappa shape index (κ3) is 2.12. The molecule has 1 amide bonds. The SMILES string of the molecule is Cc1nsc(-c2ccc(C(N)=O)cc2Br)n1. The molecule has 1 aromatic carbocycles. The summed E-state index contributed by atoms with van der Waals surface area (Å²) in [7, 11) is 0. The number of halogens is 1. The zero-order valence-corrected chi connectivity index (χ0v) is 10.8. The largest absolute Gasteiger partial charge is 0.366 e. The van der Waals surface area contributed by atoms with Crippen molar-refractivity contribution in [3.63, 3.8) is 0 Å². The van der Waals surface area contributed by atoms with E-state index in [0.717, 1.165) is 20.9 Å². The lowest BCUT2D eigenvalue weighted by Gasteiger charge is -2.01. The predicted octanol–water partition coefficient (Wildman–Crippen LogP) is 2.37. The summed E-state index contributed by atoms with van der Waals surface area (Å²) in [5.74, 6) is 0.298. The second kappa shape index (κ2) is 4.31. The number of carbonyl (C=O) groups excluding carboxylic acids is 1. The molecule has 0 unspecified atom stereocenters. The molecule has 16 heavy (non-hydrogen) atoms. The number of aryl methyl sites for hydroxylation is 1. The van der Waals surface area contributed by atoms with E-state index in [0.29, 0.717) is 5.56 Å². The molecule has 0 aliphatic heterocycles. The standard InChI is InChI=1S/C10H8BrN3OS/c1-5-13-10(16-14-5)7-3-2-6(9(12)15)4-8(7)11/h2-4H,1H3,(H2,12,15). The van der Waals surface area contributed by atoms with Crippen LogP contribution in [0.3, 0.4) is 0 Å². The van der Waals surface area contributed by atoms with E-state index in [-0.39, 0.29) is 0 Å². The van der Waals surface area contributed by atoms with E-state index < -0.39 is 5.91 Å². The van der Waals surface area contributed by atoms with E-state index in [1.165, 1.54) is 11.5 Å². The summed E-state index contributed by atoms with van der Waals surface area (Å²) in [5, 5.41) is 0.820. The first kappa shape index (κ1) is 11.2. The van der Waals surface area contributed by atoms with Crippen LogP contribution < -0.4 is 5.73 Å². The van der Waals surface area contributed by atoms with Gasteiger partial charge in [0.05, 0.1) is 0 Å². The van der Waals surface area contributed by atoms with Gasteiger partial charge in [0, 0.05) is 15.6 Å². The molecule has 2 N–H and O–H groups in total. The van der Waals surface area contributed by atoms with Gasteiger partial charge in [-0.15, -0.1) is 0 Å². The Morgan fingerprint density at radius 2 is 2.25 bits per heavy atom. The van der Waals surface area contributed by atoms with Crippen molar-refractivity contribution in [1.82, 2.24) is 9.36 Å². The van der Waals surface area contributed by atoms with Crippen LogP contribution in [0, 0.1) is 6.92 Å². The maximum absolute atomic E-state index is 11.0. The Labute approximate surface area is 105 Å². The van der Waals surface area contributed by atoms with E-state index >= 15 is 0 Å². The van der Waals surface area contributed by atoms with Crippen molar-refractivity contribution in [2.45, 2.75) is 6.92 Å². The third-order valence-corrected chi connectivity index (χ3v) is 3.51. The molecular weight excluding hydrogens is 290 g/mol. The number of amides is 1. The van der Waals surface area contributed by atoms with Crippen molar-refractivity contribution >= 4 is 33.4 Å². The lowest BCUT2D eigenvalue weighted by Crippen LogP contribution is -2.10. The summed E-state index contributed by atoms with van der Waals surface area (Å²) in [6.45, 7) is 1.84. The molecule has 1 aromatic heterocycles. The van der Waals surface area contributed by atoms with Gasteiger partial charge < -0.3 is 5.73 Å². The summed E-state index contributed by atoms with van der Waals surface area (Å²) in [6, 6.07) is 5.18. The van der Waals surface area contributed by atoms with Gasteiger partial charge in [0.2, 0.25) is 5.91 Å². The van der Waals surface area contributed by atoms with Gasteiger partial charge in [0.25, 0.3) is 0 Å². The highest BCUT2D eigenvalue weighted by Gasteiger charge is 2.10. The number of carbonyl (C=O) groups is 1. The molecule has 82 valence electrons. The Bertz CT molecular complexity index is 553. The molecule has 0 bridgehead atoms. The number of hydrogen-bond donors (Lipinski definition) is 1. The molecule has 6 heteroatoms. The van der Waals surface area contributed by atoms with Crippen molar-refractivity contribution in [3.05, 3.63) is 34.1 Å². The molecule has 2 aromatic rings. The van der Waals surface area contributed by atoms with E-state index in [4.69, 9.17) is 5.73 Å². The van der Waals surface area contributed by atoms with Gasteiger partial charge in [-0.05, 0) is 36.7 Å². The minimum atomic E-state index is -0.444. The molecule has 0 radical (unpaired) electrons. The number of rotatable bonds is 2. The van der Waals surface area contributed by atoms with Crippen molar-refractivity contribution < 1.29 is 4.79 Å². The van der Waals surface area contributed by atoms with Gasteiger partial charge >= 0.3 is 0 Å². The molecule has 1 heterocycles. The summed E-state index contributed by atoms with van der Waals surface area (Å²) in [4.78, 5) is 15.3. The molecule has 4 nitrogen and oxygen atoms in total. The Balaban J connectivity index is 2.47. The number of nitrogens with zero attached hydrogens (tertiary/aromatic N) is 2. The Morgan fingerprint density at radius 3 is 2.75 bits per heavy atom. The summed E-state index contributed by atoms with van der Waals surface area (Å²) in [5.41, 5.74) is 6.57. The fraction of sp³-hybridized carbons (Fsp3) is 0.100. The van der Waals surface area contributed by atoms with E-state index in [1.807, 2.05) is 13.0 Å². The topological polar surface area (TPSA) is 68.9 Å². The van der Waals surface area contributed by atoms with Crippen LogP contribution in [0.2, 0.25) is 0 Å². The van der Waals surface area contributed by atoms with Gasteiger partial charge in [0.15, 0.2) is 0 Å². The van der Waals surface area contributed by atoms with Crippen LogP contribution in [0.5, 0.6) is 0 Å². The third-order valence-electron chi connectivity index (χ3n) is 2.01. The lowest BCUT2D eigenvalue weighted by atomic mass is 10.1. The van der Waals surface area contributed by atoms with Crippen LogP contribution in [0.4, 0.5) is 0 Å². The predicted molar refractivity (Wildman–Crippen MR) is 66.3 cm³/mol. The number of primary amides is 1. The van der Waals surface area contributed by atoms with Crippen LogP contribution in [0.25, 0.3) is 10.6 Å². The first-order valence-corrected chi connectivity index (χ1v) is 6.04. The molecule has 0 saturated carbocycles. The Hall–Kier alpha value is -1.27. The minimum absolute atomic E-state index is 0.444. The van der Waals surface area contributed by atoms with Crippen LogP contribution in [0.15, 0.2) is 22.7 Å². The Kier molecular flexibility index (Phi) is 3.02. The van der Waals surface area contributed by atoms with Gasteiger partial charge in [-0.1, -0.05) is 15.9 Å². The van der Waals surface area contributed by atoms with Crippen molar-refractivity contribution in [2.24, 2.45) is 5.73 Å². The Morgan fingerprint density at radius 1 is 1.50 bits per heavy atom. The first-order valence-electron chi connectivity index (χ1n) is 4.48. The number of benzene rings is 1. The fourth-order valence-electron chi connectivity index (χ4n) is 1.25. The maximum atomic E-state index is 11.0. The van der Waals surface area contributed by atoms with Gasteiger partial charge in [-0.25, -0.2) is 4.98 Å². The fourth-order valence-corrected chi connectivity index (χ4v) is 2.65. The summed E-state index contributed by atoms with van der Waals surface area (Å²) in [6.07, 6.45) is 0. The average molecular weight is 298 g/mol.